The summed E-state index contributed by atoms with van der Waals surface area (Å²) in [5, 5.41) is 9.16. The Balaban J connectivity index is 2.50. The average molecular weight is 177 g/mol. The van der Waals surface area contributed by atoms with Gasteiger partial charge in [0.2, 0.25) is 0 Å². The Morgan fingerprint density at radius 1 is 1.46 bits per heavy atom. The van der Waals surface area contributed by atoms with Crippen molar-refractivity contribution in [3.05, 3.63) is 29.3 Å². The van der Waals surface area contributed by atoms with Crippen LogP contribution in [0.15, 0.2) is 18.2 Å². The van der Waals surface area contributed by atoms with Gasteiger partial charge < -0.3 is 10.8 Å². The lowest BCUT2D eigenvalue weighted by atomic mass is 9.99. The minimum Gasteiger partial charge on any atom is -0.508 e. The summed E-state index contributed by atoms with van der Waals surface area (Å²) in [4.78, 5) is 10.7. The number of hydrogen-bond acceptors (Lipinski definition) is 3. The van der Waals surface area contributed by atoms with Gasteiger partial charge >= 0.3 is 0 Å². The molecule has 0 unspecified atom stereocenters. The molecule has 0 aliphatic heterocycles. The van der Waals surface area contributed by atoms with Crippen LogP contribution in [-0.2, 0) is 5.54 Å². The van der Waals surface area contributed by atoms with Crippen molar-refractivity contribution in [3.8, 4) is 5.75 Å². The number of rotatable bonds is 2. The van der Waals surface area contributed by atoms with E-state index in [1.807, 2.05) is 0 Å². The Morgan fingerprint density at radius 3 is 2.69 bits per heavy atom. The second-order valence-electron chi connectivity index (χ2n) is 3.55. The summed E-state index contributed by atoms with van der Waals surface area (Å²) >= 11 is 0. The largest absolute Gasteiger partial charge is 0.508 e. The molecule has 0 atom stereocenters. The maximum absolute atomic E-state index is 10.7. The van der Waals surface area contributed by atoms with Crippen molar-refractivity contribution in [1.82, 2.24) is 0 Å². The van der Waals surface area contributed by atoms with Gasteiger partial charge in [-0.15, -0.1) is 0 Å². The van der Waals surface area contributed by atoms with Crippen LogP contribution in [0.2, 0.25) is 0 Å². The van der Waals surface area contributed by atoms with Crippen LogP contribution in [0.4, 0.5) is 0 Å². The molecule has 0 amide bonds. The fraction of sp³-hybridized carbons (Fsp3) is 0.300. The number of phenols is 1. The highest BCUT2D eigenvalue weighted by atomic mass is 16.3. The van der Waals surface area contributed by atoms with Gasteiger partial charge in [-0.1, -0.05) is 6.07 Å². The summed E-state index contributed by atoms with van der Waals surface area (Å²) in [7, 11) is 0. The molecule has 2 rings (SSSR count). The number of nitrogens with two attached hydrogens (primary N) is 1. The highest BCUT2D eigenvalue weighted by molar-refractivity contribution is 5.79. The van der Waals surface area contributed by atoms with Crippen LogP contribution in [0.1, 0.15) is 28.8 Å². The van der Waals surface area contributed by atoms with Gasteiger partial charge in [0.1, 0.15) is 5.75 Å². The van der Waals surface area contributed by atoms with Crippen molar-refractivity contribution in [2.75, 3.05) is 0 Å². The highest BCUT2D eigenvalue weighted by Gasteiger charge is 2.41. The van der Waals surface area contributed by atoms with E-state index in [9.17, 15) is 4.79 Å². The van der Waals surface area contributed by atoms with E-state index in [-0.39, 0.29) is 11.3 Å². The smallest absolute Gasteiger partial charge is 0.150 e. The SMILES string of the molecule is NC1(c2ccc(O)cc2C=O)CC1. The van der Waals surface area contributed by atoms with E-state index < -0.39 is 0 Å². The van der Waals surface area contributed by atoms with Gasteiger partial charge in [0.25, 0.3) is 0 Å². The van der Waals surface area contributed by atoms with E-state index in [0.29, 0.717) is 5.56 Å². The number of benzene rings is 1. The lowest BCUT2D eigenvalue weighted by Gasteiger charge is -2.11. The first kappa shape index (κ1) is 8.26. The molecule has 0 aromatic heterocycles. The minimum atomic E-state index is -0.316. The van der Waals surface area contributed by atoms with Gasteiger partial charge in [-0.25, -0.2) is 0 Å². The Morgan fingerprint density at radius 2 is 2.15 bits per heavy atom. The molecule has 1 saturated carbocycles. The number of carbonyl (C=O) groups excluding carboxylic acids is 1. The average Bonchev–Trinajstić information content (AvgIpc) is 2.84. The Hall–Kier alpha value is -1.35. The molecule has 3 N–H and O–H groups in total. The van der Waals surface area contributed by atoms with Crippen LogP contribution < -0.4 is 5.73 Å². The van der Waals surface area contributed by atoms with Crippen molar-refractivity contribution in [2.24, 2.45) is 5.73 Å². The maximum Gasteiger partial charge on any atom is 0.150 e. The summed E-state index contributed by atoms with van der Waals surface area (Å²) in [5.74, 6) is 0.107. The summed E-state index contributed by atoms with van der Waals surface area (Å²) in [6, 6.07) is 4.75. The molecule has 13 heavy (non-hydrogen) atoms. The minimum absolute atomic E-state index is 0.107. The first-order valence-corrected chi connectivity index (χ1v) is 4.23. The molecule has 0 spiro atoms. The van der Waals surface area contributed by atoms with E-state index in [1.54, 1.807) is 12.1 Å². The third-order valence-corrected chi connectivity index (χ3v) is 2.49. The van der Waals surface area contributed by atoms with Gasteiger partial charge in [-0.05, 0) is 30.5 Å². The number of aromatic hydroxyl groups is 1. The first-order valence-electron chi connectivity index (χ1n) is 4.23. The van der Waals surface area contributed by atoms with E-state index in [2.05, 4.69) is 0 Å². The second kappa shape index (κ2) is 2.57. The zero-order chi connectivity index (χ0) is 9.47. The van der Waals surface area contributed by atoms with Crippen LogP contribution in [0, 0.1) is 0 Å². The monoisotopic (exact) mass is 177 g/mol. The number of phenolic OH excluding ortho intramolecular Hbond substituents is 1. The number of carbonyl (C=O) groups is 1. The Bertz CT molecular complexity index is 356. The topological polar surface area (TPSA) is 63.3 Å². The molecule has 1 fully saturated rings. The lowest BCUT2D eigenvalue weighted by molar-refractivity contribution is 0.112. The first-order chi connectivity index (χ1) is 6.15. The van der Waals surface area contributed by atoms with E-state index >= 15 is 0 Å². The maximum atomic E-state index is 10.7. The van der Waals surface area contributed by atoms with E-state index in [0.717, 1.165) is 24.7 Å². The van der Waals surface area contributed by atoms with Crippen molar-refractivity contribution < 1.29 is 9.90 Å². The molecule has 0 heterocycles. The molecular formula is C10H11NO2. The highest BCUT2D eigenvalue weighted by Crippen LogP contribution is 2.44. The molecule has 1 aromatic rings. The van der Waals surface area contributed by atoms with Crippen LogP contribution >= 0.6 is 0 Å². The Kier molecular flexibility index (Phi) is 1.63. The van der Waals surface area contributed by atoms with Crippen molar-refractivity contribution in [2.45, 2.75) is 18.4 Å². The summed E-state index contributed by atoms with van der Waals surface area (Å²) in [6.45, 7) is 0. The molecule has 1 aromatic carbocycles. The molecule has 3 nitrogen and oxygen atoms in total. The van der Waals surface area contributed by atoms with Gasteiger partial charge in [0, 0.05) is 11.1 Å². The van der Waals surface area contributed by atoms with Crippen LogP contribution in [0.5, 0.6) is 5.75 Å². The third-order valence-electron chi connectivity index (χ3n) is 2.49. The summed E-state index contributed by atoms with van der Waals surface area (Å²) in [6.07, 6.45) is 2.57. The number of hydrogen-bond donors (Lipinski definition) is 2. The summed E-state index contributed by atoms with van der Waals surface area (Å²) < 4.78 is 0. The predicted octanol–water partition coefficient (Wildman–Crippen LogP) is 1.15. The van der Waals surface area contributed by atoms with Crippen LogP contribution in [0.25, 0.3) is 0 Å². The predicted molar refractivity (Wildman–Crippen MR) is 48.6 cm³/mol. The van der Waals surface area contributed by atoms with Gasteiger partial charge in [0.05, 0.1) is 0 Å². The standard InChI is InChI=1S/C10H11NO2/c11-10(3-4-10)9-2-1-8(13)5-7(9)6-12/h1-2,5-6,13H,3-4,11H2. The normalized spacial score (nSPS) is 18.2. The second-order valence-corrected chi connectivity index (χ2v) is 3.55. The molecule has 0 bridgehead atoms. The fourth-order valence-electron chi connectivity index (χ4n) is 1.51. The van der Waals surface area contributed by atoms with Crippen molar-refractivity contribution in [1.29, 1.82) is 0 Å². The molecule has 0 saturated heterocycles. The van der Waals surface area contributed by atoms with Crippen molar-refractivity contribution in [3.63, 3.8) is 0 Å². The van der Waals surface area contributed by atoms with Gasteiger partial charge in [-0.2, -0.15) is 0 Å². The molecule has 1 aliphatic carbocycles. The van der Waals surface area contributed by atoms with E-state index in [1.165, 1.54) is 6.07 Å². The van der Waals surface area contributed by atoms with Crippen LogP contribution in [0.3, 0.4) is 0 Å². The zero-order valence-electron chi connectivity index (χ0n) is 7.16. The fourth-order valence-corrected chi connectivity index (χ4v) is 1.51. The lowest BCUT2D eigenvalue weighted by Crippen LogP contribution is -2.20. The van der Waals surface area contributed by atoms with Gasteiger partial charge in [-0.3, -0.25) is 4.79 Å². The van der Waals surface area contributed by atoms with Crippen LogP contribution in [-0.4, -0.2) is 11.4 Å². The molecule has 1 aliphatic rings. The number of aldehydes is 1. The van der Waals surface area contributed by atoms with Crippen molar-refractivity contribution >= 4 is 6.29 Å². The Labute approximate surface area is 76.2 Å². The molecule has 3 heteroatoms. The molecular weight excluding hydrogens is 166 g/mol. The molecule has 0 radical (unpaired) electrons. The van der Waals surface area contributed by atoms with E-state index in [4.69, 9.17) is 10.8 Å². The zero-order valence-corrected chi connectivity index (χ0v) is 7.16. The van der Waals surface area contributed by atoms with Gasteiger partial charge in [0.15, 0.2) is 6.29 Å². The third kappa shape index (κ3) is 1.31. The quantitative estimate of drug-likeness (QED) is 0.666. The summed E-state index contributed by atoms with van der Waals surface area (Å²) in [5.41, 5.74) is 6.99. The molecule has 68 valence electrons.